The van der Waals surface area contributed by atoms with E-state index < -0.39 is 0 Å². The van der Waals surface area contributed by atoms with Crippen LogP contribution < -0.4 is 0 Å². The average Bonchev–Trinajstić information content (AvgIpc) is 2.99. The van der Waals surface area contributed by atoms with Crippen LogP contribution in [0, 0.1) is 24.7 Å². The summed E-state index contributed by atoms with van der Waals surface area (Å²) in [6.07, 6.45) is 10.6. The van der Waals surface area contributed by atoms with E-state index in [4.69, 9.17) is 12.8 Å². The summed E-state index contributed by atoms with van der Waals surface area (Å²) in [5.74, 6) is 12.0. The molecule has 2 unspecified atom stereocenters. The van der Waals surface area contributed by atoms with Crippen LogP contribution in [0.2, 0.25) is 0 Å². The first-order valence-corrected chi connectivity index (χ1v) is 12.0. The largest absolute Gasteiger partial charge is 0.154 e. The molecule has 0 aromatic carbocycles. The highest BCUT2D eigenvalue weighted by Gasteiger charge is 2.47. The normalized spacial score (nSPS) is 33.4. The zero-order chi connectivity index (χ0) is 13.6. The smallest absolute Gasteiger partial charge is 0.148 e. The van der Waals surface area contributed by atoms with Gasteiger partial charge in [-0.05, 0) is 0 Å². The maximum absolute atomic E-state index is 5.30. The van der Waals surface area contributed by atoms with Crippen LogP contribution in [-0.2, 0) is 0 Å². The molecule has 0 bridgehead atoms. The van der Waals surface area contributed by atoms with E-state index in [0.29, 0.717) is 2.74 Å². The zero-order valence-corrected chi connectivity index (χ0v) is 15.4. The second kappa shape index (κ2) is 8.61. The van der Waals surface area contributed by atoms with Gasteiger partial charge < -0.3 is 0 Å². The maximum Gasteiger partial charge on any atom is 0.154 e. The van der Waals surface area contributed by atoms with E-state index in [1.165, 1.54) is 23.0 Å². The average molecular weight is 365 g/mol. The summed E-state index contributed by atoms with van der Waals surface area (Å²) >= 11 is 12.4. The molecule has 2 rings (SSSR count). The third kappa shape index (κ3) is 5.16. The van der Waals surface area contributed by atoms with E-state index in [0.717, 1.165) is 22.0 Å². The summed E-state index contributed by atoms with van der Waals surface area (Å²) in [6.45, 7) is 0. The summed E-state index contributed by atoms with van der Waals surface area (Å²) in [7, 11) is 0. The van der Waals surface area contributed by atoms with Crippen LogP contribution in [0.4, 0.5) is 0 Å². The molecule has 6 heteroatoms. The Morgan fingerprint density at radius 3 is 1.84 bits per heavy atom. The lowest BCUT2D eigenvalue weighted by Gasteiger charge is -2.20. The van der Waals surface area contributed by atoms with Gasteiger partial charge in [0.1, 0.15) is 0 Å². The van der Waals surface area contributed by atoms with Crippen molar-refractivity contribution in [1.82, 2.24) is 0 Å². The molecule has 0 aliphatic carbocycles. The van der Waals surface area contributed by atoms with E-state index in [1.54, 1.807) is 0 Å². The fourth-order valence-electron chi connectivity index (χ4n) is 1.73. The molecule has 0 aromatic heterocycles. The minimum absolute atomic E-state index is 0.364. The van der Waals surface area contributed by atoms with Gasteiger partial charge in [-0.1, -0.05) is 11.8 Å². The molecule has 2 heterocycles. The van der Waals surface area contributed by atoms with Crippen molar-refractivity contribution in [3.05, 3.63) is 0 Å². The van der Waals surface area contributed by atoms with Crippen LogP contribution >= 0.6 is 70.6 Å². The quantitative estimate of drug-likeness (QED) is 0.512. The summed E-state index contributed by atoms with van der Waals surface area (Å²) in [4.78, 5) is 0. The number of hydrogen-bond acceptors (Lipinski definition) is 6. The SMILES string of the molecule is C#CCSCC1CSC2(SCC(CSCC#C)S2)S1. The molecular formula is C13H16S6. The second-order valence-corrected chi connectivity index (χ2v) is 13.1. The Morgan fingerprint density at radius 1 is 0.947 bits per heavy atom. The van der Waals surface area contributed by atoms with Crippen LogP contribution in [0.5, 0.6) is 0 Å². The molecule has 2 saturated heterocycles. The van der Waals surface area contributed by atoms with Gasteiger partial charge in [0, 0.05) is 33.5 Å². The van der Waals surface area contributed by atoms with Crippen LogP contribution in [-0.4, -0.2) is 47.8 Å². The Balaban J connectivity index is 1.71. The van der Waals surface area contributed by atoms with Gasteiger partial charge in [0.05, 0.1) is 11.5 Å². The Morgan fingerprint density at radius 2 is 1.42 bits per heavy atom. The molecule has 0 saturated carbocycles. The van der Waals surface area contributed by atoms with E-state index in [-0.39, 0.29) is 0 Å². The lowest BCUT2D eigenvalue weighted by atomic mass is 10.5. The van der Waals surface area contributed by atoms with Crippen molar-refractivity contribution < 1.29 is 0 Å². The molecule has 104 valence electrons. The van der Waals surface area contributed by atoms with Gasteiger partial charge in [0.2, 0.25) is 0 Å². The molecule has 0 radical (unpaired) electrons. The van der Waals surface area contributed by atoms with Gasteiger partial charge in [0.15, 0.2) is 2.74 Å². The van der Waals surface area contributed by atoms with Crippen LogP contribution in [0.25, 0.3) is 0 Å². The van der Waals surface area contributed by atoms with Crippen molar-refractivity contribution in [2.45, 2.75) is 13.2 Å². The lowest BCUT2D eigenvalue weighted by molar-refractivity contribution is 1.16. The Hall–Kier alpha value is 1.22. The summed E-state index contributed by atoms with van der Waals surface area (Å²) in [5, 5.41) is 1.53. The number of rotatable bonds is 6. The molecule has 0 N–H and O–H groups in total. The third-order valence-corrected chi connectivity index (χ3v) is 13.0. The fraction of sp³-hybridized carbons (Fsp3) is 0.692. The highest BCUT2D eigenvalue weighted by molar-refractivity contribution is 8.50. The Bertz CT molecular complexity index is 332. The molecule has 0 amide bonds. The maximum atomic E-state index is 5.30. The second-order valence-electron chi connectivity index (χ2n) is 4.04. The van der Waals surface area contributed by atoms with Crippen molar-refractivity contribution >= 4 is 70.6 Å². The molecular weight excluding hydrogens is 349 g/mol. The van der Waals surface area contributed by atoms with Gasteiger partial charge in [-0.2, -0.15) is 0 Å². The van der Waals surface area contributed by atoms with Gasteiger partial charge in [-0.15, -0.1) is 83.4 Å². The predicted molar refractivity (Wildman–Crippen MR) is 103 cm³/mol. The van der Waals surface area contributed by atoms with Gasteiger partial charge >= 0.3 is 0 Å². The van der Waals surface area contributed by atoms with E-state index >= 15 is 0 Å². The summed E-state index contributed by atoms with van der Waals surface area (Å²) < 4.78 is 0.364. The molecule has 0 aromatic rings. The fourth-order valence-corrected chi connectivity index (χ4v) is 12.5. The molecule has 2 atom stereocenters. The molecule has 19 heavy (non-hydrogen) atoms. The standard InChI is InChI=1S/C13H16S6/c1-3-5-14-7-11-9-16-13(18-11)17-10-12(19-13)8-15-6-4-2/h1-2,11-12H,5-10H2. The van der Waals surface area contributed by atoms with Crippen LogP contribution in [0.1, 0.15) is 0 Å². The third-order valence-electron chi connectivity index (χ3n) is 2.49. The van der Waals surface area contributed by atoms with Crippen molar-refractivity contribution in [2.24, 2.45) is 0 Å². The van der Waals surface area contributed by atoms with Gasteiger partial charge in [-0.3, -0.25) is 0 Å². The van der Waals surface area contributed by atoms with Crippen molar-refractivity contribution in [2.75, 3.05) is 34.5 Å². The number of thioether (sulfide) groups is 6. The van der Waals surface area contributed by atoms with Gasteiger partial charge in [-0.25, -0.2) is 0 Å². The Kier molecular flexibility index (Phi) is 7.52. The zero-order valence-electron chi connectivity index (χ0n) is 10.5. The first-order valence-electron chi connectivity index (χ1n) is 5.94. The van der Waals surface area contributed by atoms with Crippen LogP contribution in [0.15, 0.2) is 0 Å². The lowest BCUT2D eigenvalue weighted by Crippen LogP contribution is -2.08. The number of terminal acetylenes is 2. The number of hydrogen-bond donors (Lipinski definition) is 0. The van der Waals surface area contributed by atoms with Gasteiger partial charge in [0.25, 0.3) is 0 Å². The first-order chi connectivity index (χ1) is 9.28. The highest BCUT2D eigenvalue weighted by atomic mass is 32.3. The van der Waals surface area contributed by atoms with Crippen molar-refractivity contribution in [3.63, 3.8) is 0 Å². The molecule has 0 nitrogen and oxygen atoms in total. The van der Waals surface area contributed by atoms with Crippen molar-refractivity contribution in [3.8, 4) is 24.7 Å². The molecule has 2 fully saturated rings. The van der Waals surface area contributed by atoms with Crippen LogP contribution in [0.3, 0.4) is 0 Å². The monoisotopic (exact) mass is 364 g/mol. The molecule has 1 spiro atoms. The van der Waals surface area contributed by atoms with E-state index in [2.05, 4.69) is 58.9 Å². The highest BCUT2D eigenvalue weighted by Crippen LogP contribution is 2.67. The summed E-state index contributed by atoms with van der Waals surface area (Å²) in [6, 6.07) is 0. The Labute approximate surface area is 142 Å². The minimum Gasteiger partial charge on any atom is -0.148 e. The minimum atomic E-state index is 0.364. The van der Waals surface area contributed by atoms with E-state index in [9.17, 15) is 0 Å². The molecule has 2 aliphatic rings. The van der Waals surface area contributed by atoms with E-state index in [1.807, 2.05) is 23.5 Å². The predicted octanol–water partition coefficient (Wildman–Crippen LogP) is 4.03. The summed E-state index contributed by atoms with van der Waals surface area (Å²) in [5.41, 5.74) is 0. The topological polar surface area (TPSA) is 0 Å². The molecule has 2 aliphatic heterocycles. The first kappa shape index (κ1) is 16.6. The van der Waals surface area contributed by atoms with Crippen molar-refractivity contribution in [1.29, 1.82) is 0 Å².